The van der Waals surface area contributed by atoms with Crippen LogP contribution < -0.4 is 4.90 Å². The first kappa shape index (κ1) is 14.9. The summed E-state index contributed by atoms with van der Waals surface area (Å²) in [4.78, 5) is 16.6. The van der Waals surface area contributed by atoms with Crippen molar-refractivity contribution in [2.24, 2.45) is 5.92 Å². The number of likely N-dealkylation sites (N-methyl/N-ethyl adjacent to an activating group) is 1. The molecule has 2 unspecified atom stereocenters. The molecular weight excluding hydrogens is 274 g/mol. The molecule has 2 aliphatic rings. The molecule has 1 aromatic carbocycles. The molecule has 1 saturated heterocycles. The Bertz CT molecular complexity index is 676. The van der Waals surface area contributed by atoms with E-state index in [4.69, 9.17) is 5.26 Å². The van der Waals surface area contributed by atoms with Gasteiger partial charge in [0.15, 0.2) is 0 Å². The zero-order valence-corrected chi connectivity index (χ0v) is 13.8. The Morgan fingerprint density at radius 2 is 2.05 bits per heavy atom. The molecule has 1 aromatic rings. The average molecular weight is 297 g/mol. The Labute approximate surface area is 132 Å². The molecule has 0 bridgehead atoms. The molecule has 3 rings (SSSR count). The van der Waals surface area contributed by atoms with Crippen LogP contribution in [-0.4, -0.2) is 30.1 Å². The van der Waals surface area contributed by atoms with Crippen LogP contribution in [0.25, 0.3) is 0 Å². The number of carbonyl (C=O) groups is 1. The molecule has 2 amide bonds. The fourth-order valence-electron chi connectivity index (χ4n) is 4.08. The smallest absolute Gasteiger partial charge is 0.320 e. The first-order chi connectivity index (χ1) is 10.4. The van der Waals surface area contributed by atoms with E-state index in [1.54, 1.807) is 0 Å². The Balaban J connectivity index is 1.99. The lowest BCUT2D eigenvalue weighted by atomic mass is 9.95. The van der Waals surface area contributed by atoms with Crippen LogP contribution in [0.3, 0.4) is 0 Å². The van der Waals surface area contributed by atoms with Crippen molar-refractivity contribution in [3.63, 3.8) is 0 Å². The van der Waals surface area contributed by atoms with Gasteiger partial charge in [-0.15, -0.1) is 0 Å². The van der Waals surface area contributed by atoms with E-state index in [9.17, 15) is 4.79 Å². The van der Waals surface area contributed by atoms with Crippen molar-refractivity contribution in [1.82, 2.24) is 4.90 Å². The van der Waals surface area contributed by atoms with Crippen LogP contribution in [0.4, 0.5) is 10.5 Å². The lowest BCUT2D eigenvalue weighted by Gasteiger charge is -2.30. The Morgan fingerprint density at radius 1 is 1.32 bits per heavy atom. The van der Waals surface area contributed by atoms with Crippen molar-refractivity contribution >= 4 is 11.7 Å². The molecule has 4 nitrogen and oxygen atoms in total. The van der Waals surface area contributed by atoms with E-state index in [1.165, 1.54) is 6.42 Å². The third kappa shape index (κ3) is 1.99. The van der Waals surface area contributed by atoms with Gasteiger partial charge in [0.1, 0.15) is 0 Å². The number of urea groups is 1. The minimum absolute atomic E-state index is 0.00918. The zero-order chi connectivity index (χ0) is 16.1. The van der Waals surface area contributed by atoms with E-state index in [2.05, 4.69) is 13.0 Å². The molecule has 1 aliphatic heterocycles. The van der Waals surface area contributed by atoms with Crippen molar-refractivity contribution in [3.05, 3.63) is 28.8 Å². The van der Waals surface area contributed by atoms with Gasteiger partial charge >= 0.3 is 6.03 Å². The summed E-state index contributed by atoms with van der Waals surface area (Å²) in [5.74, 6) is 0.680. The van der Waals surface area contributed by atoms with Gasteiger partial charge in [-0.2, -0.15) is 5.26 Å². The number of hydrogen-bond donors (Lipinski definition) is 0. The van der Waals surface area contributed by atoms with Gasteiger partial charge in [0.2, 0.25) is 0 Å². The fourth-order valence-corrected chi connectivity index (χ4v) is 4.08. The van der Waals surface area contributed by atoms with Gasteiger partial charge in [-0.1, -0.05) is 6.92 Å². The van der Waals surface area contributed by atoms with E-state index in [0.717, 1.165) is 36.2 Å². The van der Waals surface area contributed by atoms with Gasteiger partial charge in [-0.05, 0) is 62.3 Å². The predicted molar refractivity (Wildman–Crippen MR) is 86.9 cm³/mol. The van der Waals surface area contributed by atoms with Gasteiger partial charge in [0.05, 0.1) is 23.7 Å². The summed E-state index contributed by atoms with van der Waals surface area (Å²) in [6.07, 6.45) is 3.36. The SMILES string of the molecule is Cc1c(C#N)ccc(N2CC3(CCC(C)C3)N(C)C2=O)c1C. The Morgan fingerprint density at radius 3 is 2.64 bits per heavy atom. The molecule has 0 aromatic heterocycles. The molecule has 1 spiro atoms. The molecule has 116 valence electrons. The zero-order valence-electron chi connectivity index (χ0n) is 13.8. The lowest BCUT2D eigenvalue weighted by molar-refractivity contribution is 0.179. The van der Waals surface area contributed by atoms with Crippen LogP contribution >= 0.6 is 0 Å². The highest BCUT2D eigenvalue weighted by atomic mass is 16.2. The van der Waals surface area contributed by atoms with Gasteiger partial charge in [0.25, 0.3) is 0 Å². The number of hydrogen-bond acceptors (Lipinski definition) is 2. The number of anilines is 1. The summed E-state index contributed by atoms with van der Waals surface area (Å²) in [6, 6.07) is 6.05. The molecule has 22 heavy (non-hydrogen) atoms. The van der Waals surface area contributed by atoms with Gasteiger partial charge in [-0.3, -0.25) is 4.90 Å². The topological polar surface area (TPSA) is 47.3 Å². The van der Waals surface area contributed by atoms with E-state index in [-0.39, 0.29) is 11.6 Å². The highest BCUT2D eigenvalue weighted by Crippen LogP contribution is 2.44. The highest BCUT2D eigenvalue weighted by molar-refractivity contribution is 5.96. The predicted octanol–water partition coefficient (Wildman–Crippen LogP) is 3.61. The number of amides is 2. The van der Waals surface area contributed by atoms with Crippen molar-refractivity contribution in [3.8, 4) is 6.07 Å². The second-order valence-corrected chi connectivity index (χ2v) is 6.99. The van der Waals surface area contributed by atoms with Crippen molar-refractivity contribution < 1.29 is 4.79 Å². The minimum atomic E-state index is -0.00918. The molecule has 1 heterocycles. The van der Waals surface area contributed by atoms with E-state index in [1.807, 2.05) is 42.8 Å². The summed E-state index contributed by atoms with van der Waals surface area (Å²) in [5, 5.41) is 9.15. The summed E-state index contributed by atoms with van der Waals surface area (Å²) in [5.41, 5.74) is 3.63. The number of nitriles is 1. The summed E-state index contributed by atoms with van der Waals surface area (Å²) >= 11 is 0. The largest absolute Gasteiger partial charge is 0.324 e. The van der Waals surface area contributed by atoms with Crippen LogP contribution in [0.2, 0.25) is 0 Å². The normalized spacial score (nSPS) is 27.8. The molecule has 4 heteroatoms. The third-order valence-corrected chi connectivity index (χ3v) is 5.68. The van der Waals surface area contributed by atoms with E-state index < -0.39 is 0 Å². The molecule has 2 atom stereocenters. The second-order valence-electron chi connectivity index (χ2n) is 6.99. The van der Waals surface area contributed by atoms with Crippen LogP contribution in [0.15, 0.2) is 12.1 Å². The van der Waals surface area contributed by atoms with Crippen LogP contribution in [-0.2, 0) is 0 Å². The first-order valence-electron chi connectivity index (χ1n) is 7.95. The fraction of sp³-hybridized carbons (Fsp3) is 0.556. The maximum atomic E-state index is 12.8. The molecule has 0 radical (unpaired) electrons. The van der Waals surface area contributed by atoms with Gasteiger partial charge in [-0.25, -0.2) is 4.79 Å². The van der Waals surface area contributed by atoms with Crippen LogP contribution in [0.5, 0.6) is 0 Å². The maximum Gasteiger partial charge on any atom is 0.324 e. The minimum Gasteiger partial charge on any atom is -0.320 e. The standard InChI is InChI=1S/C18H23N3O/c1-12-7-8-18(9-12)11-21(17(22)20(18)4)16-6-5-15(10-19)13(2)14(16)3/h5-6,12H,7-9,11H2,1-4H3. The van der Waals surface area contributed by atoms with Gasteiger partial charge < -0.3 is 4.90 Å². The number of carbonyl (C=O) groups excluding carboxylic acids is 1. The quantitative estimate of drug-likeness (QED) is 0.795. The lowest BCUT2D eigenvalue weighted by Crippen LogP contribution is -2.42. The molecule has 1 saturated carbocycles. The van der Waals surface area contributed by atoms with Gasteiger partial charge in [0, 0.05) is 12.7 Å². The number of rotatable bonds is 1. The maximum absolute atomic E-state index is 12.8. The van der Waals surface area contributed by atoms with Crippen LogP contribution in [0, 0.1) is 31.1 Å². The molecule has 1 aliphatic carbocycles. The second kappa shape index (κ2) is 5.01. The Hall–Kier alpha value is -2.02. The monoisotopic (exact) mass is 297 g/mol. The summed E-state index contributed by atoms with van der Waals surface area (Å²) in [6.45, 7) is 6.99. The number of benzene rings is 1. The third-order valence-electron chi connectivity index (χ3n) is 5.68. The van der Waals surface area contributed by atoms with Crippen molar-refractivity contribution in [2.75, 3.05) is 18.5 Å². The molecular formula is C18H23N3O. The molecule has 0 N–H and O–H groups in total. The average Bonchev–Trinajstić information content (AvgIpc) is 2.98. The summed E-state index contributed by atoms with van der Waals surface area (Å²) < 4.78 is 0. The highest BCUT2D eigenvalue weighted by Gasteiger charge is 2.51. The van der Waals surface area contributed by atoms with E-state index in [0.29, 0.717) is 11.5 Å². The van der Waals surface area contributed by atoms with E-state index >= 15 is 0 Å². The molecule has 2 fully saturated rings. The Kier molecular flexibility index (Phi) is 3.40. The first-order valence-corrected chi connectivity index (χ1v) is 7.95. The summed E-state index contributed by atoms with van der Waals surface area (Å²) in [7, 11) is 1.94. The van der Waals surface area contributed by atoms with Crippen LogP contribution in [0.1, 0.15) is 42.9 Å². The van der Waals surface area contributed by atoms with Crippen molar-refractivity contribution in [2.45, 2.75) is 45.6 Å². The number of nitrogens with zero attached hydrogens (tertiary/aromatic N) is 3. The van der Waals surface area contributed by atoms with Crippen molar-refractivity contribution in [1.29, 1.82) is 5.26 Å².